The van der Waals surface area contributed by atoms with Gasteiger partial charge in [0, 0.05) is 16.8 Å². The van der Waals surface area contributed by atoms with E-state index in [9.17, 15) is 9.59 Å². The maximum Gasteiger partial charge on any atom is 0.440 e. The molecule has 0 atom stereocenters. The first-order chi connectivity index (χ1) is 11.5. The zero-order valence-corrected chi connectivity index (χ0v) is 16.8. The molecular weight excluding hydrogens is 340 g/mol. The van der Waals surface area contributed by atoms with Gasteiger partial charge in [0.2, 0.25) is 0 Å². The van der Waals surface area contributed by atoms with E-state index in [2.05, 4.69) is 26.2 Å². The van der Waals surface area contributed by atoms with Crippen LogP contribution >= 0.6 is 11.9 Å². The zero-order valence-electron chi connectivity index (χ0n) is 16.0. The molecule has 0 aliphatic carbocycles. The second-order valence-corrected chi connectivity index (χ2v) is 8.18. The maximum absolute atomic E-state index is 12.2. The fraction of sp³-hybridized carbons (Fsp3) is 0.556. The molecule has 140 valence electrons. The molecule has 0 heterocycles. The molecule has 1 aromatic rings. The highest BCUT2D eigenvalue weighted by Gasteiger charge is 2.22. The molecule has 1 N–H and O–H groups in total. The Labute approximate surface area is 154 Å². The lowest BCUT2D eigenvalue weighted by Crippen LogP contribution is -2.43. The van der Waals surface area contributed by atoms with Crippen LogP contribution in [0.15, 0.2) is 29.2 Å². The van der Waals surface area contributed by atoms with Gasteiger partial charge in [0.1, 0.15) is 0 Å². The van der Waals surface area contributed by atoms with Crippen molar-refractivity contribution in [2.75, 3.05) is 0 Å². The molecule has 0 aliphatic heterocycles. The van der Waals surface area contributed by atoms with Crippen LogP contribution < -0.4 is 5.43 Å². The number of hydrogen-bond donors (Lipinski definition) is 1. The average Bonchev–Trinajstić information content (AvgIpc) is 2.44. The van der Waals surface area contributed by atoms with E-state index in [1.54, 1.807) is 27.7 Å². The van der Waals surface area contributed by atoms with Crippen LogP contribution in [0.4, 0.5) is 9.59 Å². The summed E-state index contributed by atoms with van der Waals surface area (Å²) in [6.07, 6.45) is -1.98. The summed E-state index contributed by atoms with van der Waals surface area (Å²) in [5.41, 5.74) is 3.63. The van der Waals surface area contributed by atoms with Crippen molar-refractivity contribution in [1.82, 2.24) is 9.84 Å². The lowest BCUT2D eigenvalue weighted by Gasteiger charge is -2.23. The summed E-state index contributed by atoms with van der Waals surface area (Å²) in [6.45, 7) is 13.3. The standard InChI is InChI=1S/C18H28N2O4S/c1-12(2)23-16(21)19-20(17(22)24-13(3)4)25-15-10-8-14(9-11-15)18(5,6)7/h8-13H,1-7H3,(H,19,21). The molecule has 6 nitrogen and oxygen atoms in total. The number of carbonyl (C=O) groups is 2. The van der Waals surface area contributed by atoms with Crippen molar-refractivity contribution in [3.05, 3.63) is 29.8 Å². The Morgan fingerprint density at radius 2 is 1.52 bits per heavy atom. The van der Waals surface area contributed by atoms with Crippen LogP contribution in [0.3, 0.4) is 0 Å². The molecule has 0 aliphatic rings. The summed E-state index contributed by atoms with van der Waals surface area (Å²) < 4.78 is 11.2. The van der Waals surface area contributed by atoms with Crippen molar-refractivity contribution in [2.24, 2.45) is 0 Å². The highest BCUT2D eigenvalue weighted by atomic mass is 32.2. The first-order valence-corrected chi connectivity index (χ1v) is 9.03. The smallest absolute Gasteiger partial charge is 0.440 e. The number of hydrogen-bond acceptors (Lipinski definition) is 5. The predicted molar refractivity (Wildman–Crippen MR) is 99.2 cm³/mol. The Morgan fingerprint density at radius 3 is 1.96 bits per heavy atom. The predicted octanol–water partition coefficient (Wildman–Crippen LogP) is 4.89. The SMILES string of the molecule is CC(C)OC(=O)NN(Sc1ccc(C(C)(C)C)cc1)C(=O)OC(C)C. The summed E-state index contributed by atoms with van der Waals surface area (Å²) in [6, 6.07) is 7.80. The first-order valence-electron chi connectivity index (χ1n) is 8.25. The topological polar surface area (TPSA) is 67.9 Å². The Morgan fingerprint density at radius 1 is 1.00 bits per heavy atom. The van der Waals surface area contributed by atoms with Crippen LogP contribution in [0.1, 0.15) is 54.0 Å². The number of benzene rings is 1. The monoisotopic (exact) mass is 368 g/mol. The van der Waals surface area contributed by atoms with Gasteiger partial charge in [-0.25, -0.2) is 15.0 Å². The molecule has 7 heteroatoms. The summed E-state index contributed by atoms with van der Waals surface area (Å²) in [5, 5.41) is 0. The summed E-state index contributed by atoms with van der Waals surface area (Å²) in [5.74, 6) is 0. The van der Waals surface area contributed by atoms with Gasteiger partial charge in [-0.05, 0) is 50.8 Å². The summed E-state index contributed by atoms with van der Waals surface area (Å²) in [4.78, 5) is 24.8. The highest BCUT2D eigenvalue weighted by molar-refractivity contribution is 7.97. The van der Waals surface area contributed by atoms with E-state index in [0.717, 1.165) is 21.3 Å². The second kappa shape index (κ2) is 8.99. The Bertz CT molecular complexity index is 580. The van der Waals surface area contributed by atoms with Crippen molar-refractivity contribution in [1.29, 1.82) is 0 Å². The van der Waals surface area contributed by atoms with Crippen LogP contribution in [0.5, 0.6) is 0 Å². The van der Waals surface area contributed by atoms with Crippen molar-refractivity contribution >= 4 is 24.1 Å². The fourth-order valence-electron chi connectivity index (χ4n) is 1.80. The fourth-order valence-corrected chi connectivity index (χ4v) is 2.51. The Kier molecular flexibility index (Phi) is 7.60. The average molecular weight is 368 g/mol. The number of carbonyl (C=O) groups excluding carboxylic acids is 2. The number of amides is 2. The molecule has 0 fully saturated rings. The van der Waals surface area contributed by atoms with Gasteiger partial charge in [-0.1, -0.05) is 32.9 Å². The van der Waals surface area contributed by atoms with Crippen LogP contribution in [0.2, 0.25) is 0 Å². The van der Waals surface area contributed by atoms with Gasteiger partial charge in [0.15, 0.2) is 0 Å². The lowest BCUT2D eigenvalue weighted by atomic mass is 9.87. The van der Waals surface area contributed by atoms with Gasteiger partial charge >= 0.3 is 12.2 Å². The quantitative estimate of drug-likeness (QED) is 0.605. The van der Waals surface area contributed by atoms with Crippen LogP contribution in [0.25, 0.3) is 0 Å². The summed E-state index contributed by atoms with van der Waals surface area (Å²) in [7, 11) is 0. The largest absolute Gasteiger partial charge is 0.446 e. The molecule has 0 unspecified atom stereocenters. The highest BCUT2D eigenvalue weighted by Crippen LogP contribution is 2.27. The van der Waals surface area contributed by atoms with Gasteiger partial charge in [-0.15, -0.1) is 4.41 Å². The molecule has 0 bridgehead atoms. The lowest BCUT2D eigenvalue weighted by molar-refractivity contribution is 0.0743. The van der Waals surface area contributed by atoms with Gasteiger partial charge in [-0.3, -0.25) is 0 Å². The number of hydrazine groups is 1. The third kappa shape index (κ3) is 7.69. The third-order valence-corrected chi connectivity index (χ3v) is 3.86. The van der Waals surface area contributed by atoms with E-state index < -0.39 is 12.2 Å². The van der Waals surface area contributed by atoms with Crippen LogP contribution in [0, 0.1) is 0 Å². The van der Waals surface area contributed by atoms with E-state index in [-0.39, 0.29) is 17.6 Å². The zero-order chi connectivity index (χ0) is 19.2. The van der Waals surface area contributed by atoms with Gasteiger partial charge in [-0.2, -0.15) is 0 Å². The second-order valence-electron chi connectivity index (χ2n) is 7.16. The van der Waals surface area contributed by atoms with Crippen LogP contribution in [-0.2, 0) is 14.9 Å². The third-order valence-electron chi connectivity index (χ3n) is 2.95. The Balaban J connectivity index is 2.88. The summed E-state index contributed by atoms with van der Waals surface area (Å²) >= 11 is 1.06. The van der Waals surface area contributed by atoms with E-state index in [1.165, 1.54) is 5.56 Å². The number of nitrogens with one attached hydrogen (secondary N) is 1. The van der Waals surface area contributed by atoms with Crippen LogP contribution in [-0.4, -0.2) is 28.8 Å². The van der Waals surface area contributed by atoms with E-state index in [4.69, 9.17) is 9.47 Å². The van der Waals surface area contributed by atoms with E-state index >= 15 is 0 Å². The number of ether oxygens (including phenoxy) is 2. The molecule has 0 radical (unpaired) electrons. The number of nitrogens with zero attached hydrogens (tertiary/aromatic N) is 1. The van der Waals surface area contributed by atoms with Crippen molar-refractivity contribution in [3.63, 3.8) is 0 Å². The normalized spacial score (nSPS) is 11.4. The molecule has 1 rings (SSSR count). The minimum absolute atomic E-state index is 0.0405. The first kappa shape index (κ1) is 21.2. The molecular formula is C18H28N2O4S. The van der Waals surface area contributed by atoms with Gasteiger partial charge in [0.25, 0.3) is 0 Å². The van der Waals surface area contributed by atoms with Gasteiger partial charge in [0.05, 0.1) is 12.2 Å². The minimum atomic E-state index is -0.713. The molecule has 0 aromatic heterocycles. The molecule has 1 aromatic carbocycles. The maximum atomic E-state index is 12.2. The van der Waals surface area contributed by atoms with Crippen molar-refractivity contribution in [2.45, 2.75) is 71.0 Å². The van der Waals surface area contributed by atoms with Crippen molar-refractivity contribution < 1.29 is 19.1 Å². The minimum Gasteiger partial charge on any atom is -0.446 e. The molecule has 0 saturated carbocycles. The Hall–Kier alpha value is -1.89. The molecule has 0 saturated heterocycles. The van der Waals surface area contributed by atoms with E-state index in [1.807, 2.05) is 24.3 Å². The molecule has 0 spiro atoms. The van der Waals surface area contributed by atoms with E-state index in [0.29, 0.717) is 0 Å². The van der Waals surface area contributed by atoms with Crippen molar-refractivity contribution in [3.8, 4) is 0 Å². The van der Waals surface area contributed by atoms with Gasteiger partial charge < -0.3 is 9.47 Å². The molecule has 25 heavy (non-hydrogen) atoms. The number of rotatable bonds is 4. The molecule has 2 amide bonds.